The maximum Gasteiger partial charge on any atom is 0.243 e. The van der Waals surface area contributed by atoms with Gasteiger partial charge in [-0.25, -0.2) is 0 Å². The molecule has 0 aromatic rings. The molecule has 1 aliphatic heterocycles. The minimum Gasteiger partial charge on any atom is -0.355 e. The number of rotatable bonds is 8. The van der Waals surface area contributed by atoms with Gasteiger partial charge in [0.25, 0.3) is 0 Å². The number of amides is 4. The molecular weight excluding hydrogens is 334 g/mol. The van der Waals surface area contributed by atoms with Crippen LogP contribution in [0.1, 0.15) is 46.5 Å². The lowest BCUT2D eigenvalue weighted by Crippen LogP contribution is -2.52. The molecule has 4 amide bonds. The van der Waals surface area contributed by atoms with Crippen LogP contribution in [0, 0.1) is 17.8 Å². The lowest BCUT2D eigenvalue weighted by atomic mass is 9.85. The molecule has 0 bridgehead atoms. The van der Waals surface area contributed by atoms with E-state index >= 15 is 0 Å². The molecule has 1 aliphatic carbocycles. The van der Waals surface area contributed by atoms with E-state index in [1.54, 1.807) is 0 Å². The summed E-state index contributed by atoms with van der Waals surface area (Å²) in [7, 11) is 0. The van der Waals surface area contributed by atoms with E-state index in [1.807, 2.05) is 32.9 Å². The Morgan fingerprint density at radius 3 is 2.19 bits per heavy atom. The van der Waals surface area contributed by atoms with Gasteiger partial charge in [-0.15, -0.1) is 0 Å². The standard InChI is InChI=1S/C19H29N3O4/c1-4-9-20-16(23)11-21-17(24)15(10-12(2)3)22-18(25)13-7-5-6-8-14(13)19(22)26/h5-6,12-15H,4,7-11H2,1-3H3,(H,20,23)(H,21,24)/t13-,14+,15-/m1/s1. The molecule has 144 valence electrons. The Bertz CT molecular complexity index is 574. The van der Waals surface area contributed by atoms with Crippen LogP contribution in [0.15, 0.2) is 12.2 Å². The van der Waals surface area contributed by atoms with Gasteiger partial charge in [0.2, 0.25) is 23.6 Å². The highest BCUT2D eigenvalue weighted by atomic mass is 16.2. The van der Waals surface area contributed by atoms with Crippen molar-refractivity contribution < 1.29 is 19.2 Å². The summed E-state index contributed by atoms with van der Waals surface area (Å²) in [6.07, 6.45) is 6.12. The molecule has 0 spiro atoms. The van der Waals surface area contributed by atoms with Crippen molar-refractivity contribution >= 4 is 23.6 Å². The molecule has 2 rings (SSSR count). The number of nitrogens with zero attached hydrogens (tertiary/aromatic N) is 1. The maximum absolute atomic E-state index is 12.8. The SMILES string of the molecule is CCCNC(=O)CNC(=O)[C@@H](CC(C)C)N1C(=O)[C@H]2CC=CC[C@H]2C1=O. The van der Waals surface area contributed by atoms with Gasteiger partial charge in [-0.1, -0.05) is 32.9 Å². The van der Waals surface area contributed by atoms with Crippen molar-refractivity contribution in [3.63, 3.8) is 0 Å². The predicted molar refractivity (Wildman–Crippen MR) is 96.8 cm³/mol. The van der Waals surface area contributed by atoms with Gasteiger partial charge >= 0.3 is 0 Å². The highest BCUT2D eigenvalue weighted by molar-refractivity contribution is 6.08. The van der Waals surface area contributed by atoms with Gasteiger partial charge in [-0.05, 0) is 31.6 Å². The first-order valence-corrected chi connectivity index (χ1v) is 9.43. The van der Waals surface area contributed by atoms with E-state index in [-0.39, 0.29) is 42.0 Å². The first-order valence-electron chi connectivity index (χ1n) is 9.43. The number of carbonyl (C=O) groups is 4. The van der Waals surface area contributed by atoms with Gasteiger partial charge in [-0.3, -0.25) is 24.1 Å². The van der Waals surface area contributed by atoms with Crippen LogP contribution in [0.2, 0.25) is 0 Å². The smallest absolute Gasteiger partial charge is 0.243 e. The second kappa shape index (κ2) is 8.96. The maximum atomic E-state index is 12.8. The highest BCUT2D eigenvalue weighted by Gasteiger charge is 2.51. The molecule has 7 nitrogen and oxygen atoms in total. The summed E-state index contributed by atoms with van der Waals surface area (Å²) < 4.78 is 0. The van der Waals surface area contributed by atoms with Crippen molar-refractivity contribution in [1.29, 1.82) is 0 Å². The van der Waals surface area contributed by atoms with Gasteiger partial charge in [0.15, 0.2) is 0 Å². The average molecular weight is 363 g/mol. The third-order valence-corrected chi connectivity index (χ3v) is 4.85. The van der Waals surface area contributed by atoms with Gasteiger partial charge in [0.05, 0.1) is 18.4 Å². The molecule has 1 heterocycles. The molecule has 7 heteroatoms. The molecule has 0 aromatic heterocycles. The van der Waals surface area contributed by atoms with Crippen LogP contribution in [0.25, 0.3) is 0 Å². The zero-order chi connectivity index (χ0) is 19.3. The number of fused-ring (bicyclic) bond motifs is 1. The van der Waals surface area contributed by atoms with Crippen molar-refractivity contribution in [3.05, 3.63) is 12.2 Å². The zero-order valence-corrected chi connectivity index (χ0v) is 15.8. The first kappa shape index (κ1) is 20.1. The molecule has 2 aliphatic rings. The molecular formula is C19H29N3O4. The minimum atomic E-state index is -0.862. The largest absolute Gasteiger partial charge is 0.355 e. The second-order valence-electron chi connectivity index (χ2n) is 7.42. The Kier molecular flexibility index (Phi) is 6.94. The predicted octanol–water partition coefficient (Wildman–Crippen LogP) is 0.995. The van der Waals surface area contributed by atoms with Crippen molar-refractivity contribution in [2.75, 3.05) is 13.1 Å². The minimum absolute atomic E-state index is 0.126. The van der Waals surface area contributed by atoms with E-state index in [0.29, 0.717) is 25.8 Å². The van der Waals surface area contributed by atoms with Crippen LogP contribution in [0.5, 0.6) is 0 Å². The molecule has 0 unspecified atom stereocenters. The normalized spacial score (nSPS) is 23.2. The number of hydrogen-bond acceptors (Lipinski definition) is 4. The van der Waals surface area contributed by atoms with E-state index in [0.717, 1.165) is 11.3 Å². The van der Waals surface area contributed by atoms with Crippen LogP contribution in [-0.2, 0) is 19.2 Å². The fraction of sp³-hybridized carbons (Fsp3) is 0.684. The Labute approximate surface area is 154 Å². The Hall–Kier alpha value is -2.18. The zero-order valence-electron chi connectivity index (χ0n) is 15.8. The van der Waals surface area contributed by atoms with Crippen LogP contribution in [0.4, 0.5) is 0 Å². The third kappa shape index (κ3) is 4.51. The van der Waals surface area contributed by atoms with Crippen molar-refractivity contribution in [3.8, 4) is 0 Å². The molecule has 26 heavy (non-hydrogen) atoms. The lowest BCUT2D eigenvalue weighted by molar-refractivity contribution is -0.148. The van der Waals surface area contributed by atoms with E-state index in [4.69, 9.17) is 0 Å². The summed E-state index contributed by atoms with van der Waals surface area (Å²) in [6.45, 7) is 6.21. The lowest BCUT2D eigenvalue weighted by Gasteiger charge is -2.27. The number of carbonyl (C=O) groups excluding carboxylic acids is 4. The topological polar surface area (TPSA) is 95.6 Å². The van der Waals surface area contributed by atoms with E-state index in [2.05, 4.69) is 10.6 Å². The van der Waals surface area contributed by atoms with Gasteiger partial charge in [0.1, 0.15) is 6.04 Å². The second-order valence-corrected chi connectivity index (χ2v) is 7.42. The quantitative estimate of drug-likeness (QED) is 0.497. The summed E-state index contributed by atoms with van der Waals surface area (Å²) in [5, 5.41) is 5.27. The van der Waals surface area contributed by atoms with Crippen LogP contribution in [0.3, 0.4) is 0 Å². The number of allylic oxidation sites excluding steroid dienone is 2. The van der Waals surface area contributed by atoms with Crippen molar-refractivity contribution in [2.24, 2.45) is 17.8 Å². The van der Waals surface area contributed by atoms with Crippen LogP contribution >= 0.6 is 0 Å². The van der Waals surface area contributed by atoms with Gasteiger partial charge in [-0.2, -0.15) is 0 Å². The molecule has 2 N–H and O–H groups in total. The molecule has 3 atom stereocenters. The Morgan fingerprint density at radius 1 is 1.12 bits per heavy atom. The summed E-state index contributed by atoms with van der Waals surface area (Å²) >= 11 is 0. The fourth-order valence-corrected chi connectivity index (χ4v) is 3.52. The summed E-state index contributed by atoms with van der Waals surface area (Å²) in [5.74, 6) is -1.84. The van der Waals surface area contributed by atoms with Crippen LogP contribution in [-0.4, -0.2) is 47.7 Å². The Morgan fingerprint density at radius 2 is 1.69 bits per heavy atom. The number of imide groups is 1. The van der Waals surface area contributed by atoms with E-state index in [9.17, 15) is 19.2 Å². The molecule has 0 radical (unpaired) electrons. The van der Waals surface area contributed by atoms with Crippen LogP contribution < -0.4 is 10.6 Å². The molecule has 1 fully saturated rings. The summed E-state index contributed by atoms with van der Waals surface area (Å²) in [6, 6.07) is -0.862. The van der Waals surface area contributed by atoms with Crippen molar-refractivity contribution in [2.45, 2.75) is 52.5 Å². The molecule has 0 aromatic carbocycles. The number of hydrogen-bond donors (Lipinski definition) is 2. The molecule has 1 saturated heterocycles. The van der Waals surface area contributed by atoms with Gasteiger partial charge in [0, 0.05) is 6.54 Å². The monoisotopic (exact) mass is 363 g/mol. The van der Waals surface area contributed by atoms with Crippen molar-refractivity contribution in [1.82, 2.24) is 15.5 Å². The highest BCUT2D eigenvalue weighted by Crippen LogP contribution is 2.37. The molecule has 0 saturated carbocycles. The van der Waals surface area contributed by atoms with E-state index in [1.165, 1.54) is 0 Å². The Balaban J connectivity index is 2.09. The fourth-order valence-electron chi connectivity index (χ4n) is 3.52. The number of nitrogens with one attached hydrogen (secondary N) is 2. The third-order valence-electron chi connectivity index (χ3n) is 4.85. The number of likely N-dealkylation sites (tertiary alicyclic amines) is 1. The summed E-state index contributed by atoms with van der Waals surface area (Å²) in [5.41, 5.74) is 0. The van der Waals surface area contributed by atoms with Gasteiger partial charge < -0.3 is 10.6 Å². The average Bonchev–Trinajstić information content (AvgIpc) is 2.87. The summed E-state index contributed by atoms with van der Waals surface area (Å²) in [4.78, 5) is 51.1. The first-order chi connectivity index (χ1) is 12.4. The van der Waals surface area contributed by atoms with E-state index < -0.39 is 11.9 Å².